The van der Waals surface area contributed by atoms with Gasteiger partial charge in [0, 0.05) is 109 Å². The van der Waals surface area contributed by atoms with E-state index in [2.05, 4.69) is 19.6 Å². The Kier molecular flexibility index (Phi) is 18.6. The normalized spacial score (nSPS) is 28.1. The van der Waals surface area contributed by atoms with Crippen molar-refractivity contribution in [2.75, 3.05) is 52.4 Å². The van der Waals surface area contributed by atoms with Crippen molar-refractivity contribution < 1.29 is 33.4 Å². The third-order valence-corrected chi connectivity index (χ3v) is 13.8. The molecule has 0 amide bonds. The Labute approximate surface area is 371 Å². The lowest BCUT2D eigenvalue weighted by Crippen LogP contribution is -2.51. The van der Waals surface area contributed by atoms with E-state index in [9.17, 15) is 19.2 Å². The number of piperazine rings is 2. The van der Waals surface area contributed by atoms with Crippen LogP contribution in [0.4, 0.5) is 0 Å². The first-order valence-electron chi connectivity index (χ1n) is 24.8. The van der Waals surface area contributed by atoms with Gasteiger partial charge in [0.25, 0.3) is 0 Å². The van der Waals surface area contributed by atoms with E-state index in [1.165, 1.54) is 129 Å². The van der Waals surface area contributed by atoms with Crippen LogP contribution in [0.15, 0.2) is 0 Å². The predicted octanol–water partition coefficient (Wildman–Crippen LogP) is 8.59. The van der Waals surface area contributed by atoms with Gasteiger partial charge in [0.15, 0.2) is 0 Å². The van der Waals surface area contributed by atoms with Crippen molar-refractivity contribution in [1.82, 2.24) is 19.6 Å². The van der Waals surface area contributed by atoms with Gasteiger partial charge in [-0.25, -0.2) is 0 Å². The van der Waals surface area contributed by atoms with Crippen molar-refractivity contribution in [3.8, 4) is 0 Å². The maximum atomic E-state index is 12.0. The molecule has 61 heavy (non-hydrogen) atoms. The average Bonchev–Trinajstić information content (AvgIpc) is 4.10. The molecule has 0 N–H and O–H groups in total. The van der Waals surface area contributed by atoms with Crippen molar-refractivity contribution in [2.24, 2.45) is 17.8 Å². The van der Waals surface area contributed by atoms with Gasteiger partial charge in [-0.1, -0.05) is 0 Å². The molecule has 0 unspecified atom stereocenters. The van der Waals surface area contributed by atoms with Crippen molar-refractivity contribution in [3.05, 3.63) is 0 Å². The Balaban J connectivity index is 0.000000178. The summed E-state index contributed by atoms with van der Waals surface area (Å²) >= 11 is 0. The average molecular weight is 857 g/mol. The first-order valence-corrected chi connectivity index (χ1v) is 24.8. The van der Waals surface area contributed by atoms with Gasteiger partial charge < -0.3 is 14.2 Å². The highest BCUT2D eigenvalue weighted by molar-refractivity contribution is 5.79. The fourth-order valence-electron chi connectivity index (χ4n) is 10.3. The zero-order valence-electron chi connectivity index (χ0n) is 40.3. The number of hydrogen-bond acceptors (Lipinski definition) is 11. The molecule has 0 bridgehead atoms. The molecule has 5 aliphatic carbocycles. The van der Waals surface area contributed by atoms with Crippen LogP contribution in [-0.4, -0.2) is 137 Å². The Morgan fingerprint density at radius 1 is 0.393 bits per heavy atom. The number of nitrogens with zero attached hydrogens (tertiary/aromatic N) is 4. The molecule has 350 valence electrons. The van der Waals surface area contributed by atoms with E-state index in [4.69, 9.17) is 14.2 Å². The van der Waals surface area contributed by atoms with E-state index in [1.54, 1.807) is 0 Å². The molecule has 11 heteroatoms. The number of hydrogen-bond donors (Lipinski definition) is 0. The highest BCUT2D eigenvalue weighted by Gasteiger charge is 2.36. The van der Waals surface area contributed by atoms with E-state index in [1.807, 2.05) is 62.3 Å². The fourth-order valence-corrected chi connectivity index (χ4v) is 10.3. The Morgan fingerprint density at radius 3 is 0.820 bits per heavy atom. The van der Waals surface area contributed by atoms with Gasteiger partial charge in [-0.2, -0.15) is 0 Å². The summed E-state index contributed by atoms with van der Waals surface area (Å²) in [5.74, 6) is 1.58. The number of ketones is 1. The lowest BCUT2D eigenvalue weighted by atomic mass is 9.83. The van der Waals surface area contributed by atoms with Crippen molar-refractivity contribution in [3.63, 3.8) is 0 Å². The van der Waals surface area contributed by atoms with Crippen LogP contribution in [0.3, 0.4) is 0 Å². The fraction of sp³-hybridized carbons (Fsp3) is 0.920. The summed E-state index contributed by atoms with van der Waals surface area (Å²) in [6.45, 7) is 27.4. The van der Waals surface area contributed by atoms with Crippen LogP contribution < -0.4 is 0 Å². The monoisotopic (exact) mass is 857 g/mol. The Bertz CT molecular complexity index is 1290. The summed E-state index contributed by atoms with van der Waals surface area (Å²) in [6, 6.07) is 3.35. The second-order valence-electron chi connectivity index (χ2n) is 22.8. The maximum absolute atomic E-state index is 12.0. The minimum Gasteiger partial charge on any atom is -0.460 e. The largest absolute Gasteiger partial charge is 0.460 e. The topological polar surface area (TPSA) is 109 Å². The van der Waals surface area contributed by atoms with E-state index in [0.29, 0.717) is 55.6 Å². The summed E-state index contributed by atoms with van der Waals surface area (Å²) in [7, 11) is 0. The molecule has 0 aromatic rings. The molecule has 2 aliphatic heterocycles. The molecule has 5 saturated carbocycles. The molecule has 2 heterocycles. The summed E-state index contributed by atoms with van der Waals surface area (Å²) in [5, 5.41) is 0. The van der Waals surface area contributed by atoms with Crippen LogP contribution in [0.25, 0.3) is 0 Å². The number of esters is 3. The summed E-state index contributed by atoms with van der Waals surface area (Å²) in [6.07, 6.45) is 20.1. The lowest BCUT2D eigenvalue weighted by molar-refractivity contribution is -0.157. The summed E-state index contributed by atoms with van der Waals surface area (Å²) in [4.78, 5) is 57.3. The maximum Gasteiger partial charge on any atom is 0.306 e. The van der Waals surface area contributed by atoms with Crippen molar-refractivity contribution >= 4 is 23.7 Å². The van der Waals surface area contributed by atoms with E-state index in [-0.39, 0.29) is 29.1 Å². The zero-order valence-corrected chi connectivity index (χ0v) is 40.3. The first kappa shape index (κ1) is 49.9. The van der Waals surface area contributed by atoms with Gasteiger partial charge in [-0.3, -0.25) is 38.8 Å². The summed E-state index contributed by atoms with van der Waals surface area (Å²) < 4.78 is 16.2. The van der Waals surface area contributed by atoms with Gasteiger partial charge in [-0.05, 0) is 170 Å². The molecule has 11 nitrogen and oxygen atoms in total. The van der Waals surface area contributed by atoms with Crippen LogP contribution in [0.5, 0.6) is 0 Å². The molecule has 2 saturated heterocycles. The Hall–Kier alpha value is -2.08. The molecule has 0 atom stereocenters. The van der Waals surface area contributed by atoms with Gasteiger partial charge in [-0.15, -0.1) is 0 Å². The third-order valence-electron chi connectivity index (χ3n) is 13.8. The second kappa shape index (κ2) is 22.7. The molecule has 0 aromatic heterocycles. The predicted molar refractivity (Wildman–Crippen MR) is 242 cm³/mol. The third kappa shape index (κ3) is 19.3. The minimum absolute atomic E-state index is 0.0148. The van der Waals surface area contributed by atoms with Gasteiger partial charge in [0.1, 0.15) is 22.6 Å². The number of carbonyl (C=O) groups is 4. The smallest absolute Gasteiger partial charge is 0.306 e. The molecule has 7 aliphatic rings. The van der Waals surface area contributed by atoms with Gasteiger partial charge in [0.2, 0.25) is 0 Å². The van der Waals surface area contributed by atoms with Crippen molar-refractivity contribution in [1.29, 1.82) is 0 Å². The molecular formula is C50H88N4O7. The van der Waals surface area contributed by atoms with Crippen LogP contribution >= 0.6 is 0 Å². The van der Waals surface area contributed by atoms with Crippen LogP contribution in [0, 0.1) is 17.8 Å². The lowest BCUT2D eigenvalue weighted by Gasteiger charge is -2.42. The second-order valence-corrected chi connectivity index (χ2v) is 22.8. The van der Waals surface area contributed by atoms with Crippen LogP contribution in [0.2, 0.25) is 0 Å². The molecule has 7 fully saturated rings. The van der Waals surface area contributed by atoms with Crippen LogP contribution in [-0.2, 0) is 33.4 Å². The summed E-state index contributed by atoms with van der Waals surface area (Å²) in [5.41, 5.74) is -1.10. The highest BCUT2D eigenvalue weighted by atomic mass is 16.6. The molecule has 0 spiro atoms. The standard InChI is InChI=1S/2C19H34N2O2.C12H20O3/c2*1-19(2,3)23-18(22)14-15-4-6-16(7-5-15)20-10-12-21(13-11-20)17-8-9-17;1-12(2,3)15-11(14)8-9-4-6-10(13)7-5-9/h2*15-17H,4-14H2,1-3H3;9H,4-8H2,1-3H3. The van der Waals surface area contributed by atoms with E-state index < -0.39 is 5.60 Å². The van der Waals surface area contributed by atoms with Gasteiger partial charge >= 0.3 is 17.9 Å². The first-order chi connectivity index (χ1) is 28.7. The number of rotatable bonds is 10. The molecular weight excluding hydrogens is 769 g/mol. The van der Waals surface area contributed by atoms with Crippen molar-refractivity contribution in [2.45, 2.75) is 225 Å². The van der Waals surface area contributed by atoms with Crippen LogP contribution in [0.1, 0.15) is 184 Å². The highest BCUT2D eigenvalue weighted by Crippen LogP contribution is 2.35. The number of Topliss-reactive ketones (excluding diaryl/α,β-unsaturated/α-hetero) is 1. The number of carbonyl (C=O) groups excluding carboxylic acids is 4. The van der Waals surface area contributed by atoms with E-state index in [0.717, 1.165) is 37.0 Å². The minimum atomic E-state index is -0.401. The van der Waals surface area contributed by atoms with Gasteiger partial charge in [0.05, 0.1) is 0 Å². The molecule has 0 radical (unpaired) electrons. The molecule has 7 rings (SSSR count). The molecule has 0 aromatic carbocycles. The quantitative estimate of drug-likeness (QED) is 0.156. The van der Waals surface area contributed by atoms with E-state index >= 15 is 0 Å². The Morgan fingerprint density at radius 2 is 0.607 bits per heavy atom. The zero-order chi connectivity index (χ0) is 44.4. The SMILES string of the molecule is CC(C)(C)OC(=O)CC1CCC(=O)CC1.CC(C)(C)OC(=O)CC1CCC(N2CCN(C3CC3)CC2)CC1.CC(C)(C)OC(=O)CC1CCC(N2CCN(C3CC3)CC2)CC1. The number of ether oxygens (including phenoxy) is 3.